The van der Waals surface area contributed by atoms with Crippen molar-refractivity contribution in [2.24, 2.45) is 22.7 Å². The van der Waals surface area contributed by atoms with Crippen LogP contribution in [0.5, 0.6) is 0 Å². The van der Waals surface area contributed by atoms with Gasteiger partial charge in [-0.05, 0) is 59.5 Å². The molecule has 1 aromatic carbocycles. The maximum absolute atomic E-state index is 13.1. The molecule has 150 valence electrons. The van der Waals surface area contributed by atoms with E-state index in [-0.39, 0.29) is 34.2 Å². The van der Waals surface area contributed by atoms with Crippen LogP contribution in [0.3, 0.4) is 0 Å². The number of hydrogen-bond donors (Lipinski definition) is 1. The monoisotopic (exact) mass is 379 g/mol. The summed E-state index contributed by atoms with van der Waals surface area (Å²) in [6.45, 7) is 8.48. The summed E-state index contributed by atoms with van der Waals surface area (Å²) in [5, 5.41) is 11.0. The predicted octanol–water partition coefficient (Wildman–Crippen LogP) is 4.40. The van der Waals surface area contributed by atoms with Crippen molar-refractivity contribution >= 4 is 12.0 Å². The summed E-state index contributed by atoms with van der Waals surface area (Å²) in [5.74, 6) is 0.850. The Labute approximate surface area is 168 Å². The molecule has 2 saturated carbocycles. The number of fused-ring (bicyclic) bond motifs is 4. The molecule has 1 heterocycles. The molecule has 2 bridgehead atoms. The number of aliphatic hydroxyl groups excluding tert-OH is 1. The molecule has 5 rings (SSSR count). The van der Waals surface area contributed by atoms with Crippen molar-refractivity contribution in [3.63, 3.8) is 0 Å². The summed E-state index contributed by atoms with van der Waals surface area (Å²) >= 11 is 0. The lowest BCUT2D eigenvalue weighted by Gasteiger charge is -2.40. The number of carbonyl (C=O) groups excluding carboxylic acids is 1. The van der Waals surface area contributed by atoms with Crippen LogP contribution >= 0.6 is 0 Å². The Bertz CT molecular complexity index is 833. The molecule has 0 aromatic heterocycles. The first-order chi connectivity index (χ1) is 13.3. The first-order valence-electron chi connectivity index (χ1n) is 11.0. The van der Waals surface area contributed by atoms with Gasteiger partial charge in [0.15, 0.2) is 0 Å². The molecule has 3 heteroatoms. The molecular formula is C25H33NO2. The molecule has 4 unspecified atom stereocenters. The number of nitrogens with zero attached hydrogens (tertiary/aromatic N) is 1. The molecule has 3 aliphatic carbocycles. The van der Waals surface area contributed by atoms with Crippen molar-refractivity contribution in [3.05, 3.63) is 41.5 Å². The zero-order valence-corrected chi connectivity index (χ0v) is 17.4. The van der Waals surface area contributed by atoms with Gasteiger partial charge in [-0.2, -0.15) is 0 Å². The van der Waals surface area contributed by atoms with Gasteiger partial charge in [-0.25, -0.2) is 0 Å². The highest BCUT2D eigenvalue weighted by molar-refractivity contribution is 5.77. The van der Waals surface area contributed by atoms with Gasteiger partial charge in [0.05, 0.1) is 6.10 Å². The van der Waals surface area contributed by atoms with Crippen molar-refractivity contribution < 1.29 is 9.90 Å². The van der Waals surface area contributed by atoms with E-state index in [4.69, 9.17) is 0 Å². The van der Waals surface area contributed by atoms with Gasteiger partial charge in [0, 0.05) is 24.9 Å². The van der Waals surface area contributed by atoms with Crippen molar-refractivity contribution in [1.82, 2.24) is 4.90 Å². The SMILES string of the molecule is CC1(C)C2CCC1(C)C(O)C2CC(=O)N1CCC2(C=Cc3ccccc32)CC1. The van der Waals surface area contributed by atoms with Crippen LogP contribution in [0.1, 0.15) is 64.0 Å². The normalized spacial score (nSPS) is 36.9. The van der Waals surface area contributed by atoms with E-state index in [9.17, 15) is 9.90 Å². The first kappa shape index (κ1) is 18.4. The second-order valence-electron chi connectivity index (χ2n) is 10.6. The molecule has 1 spiro atoms. The molecule has 28 heavy (non-hydrogen) atoms. The first-order valence-corrected chi connectivity index (χ1v) is 11.0. The van der Waals surface area contributed by atoms with Gasteiger partial charge < -0.3 is 10.0 Å². The Morgan fingerprint density at radius 1 is 1.14 bits per heavy atom. The fourth-order valence-corrected chi connectivity index (χ4v) is 7.14. The Morgan fingerprint density at radius 3 is 2.54 bits per heavy atom. The topological polar surface area (TPSA) is 40.5 Å². The third-order valence-corrected chi connectivity index (χ3v) is 9.45. The van der Waals surface area contributed by atoms with Crippen LogP contribution in [0.4, 0.5) is 0 Å². The van der Waals surface area contributed by atoms with Gasteiger partial charge in [0.1, 0.15) is 0 Å². The number of aliphatic hydroxyl groups is 1. The van der Waals surface area contributed by atoms with Gasteiger partial charge in [0.25, 0.3) is 0 Å². The summed E-state index contributed by atoms with van der Waals surface area (Å²) in [6.07, 6.45) is 9.05. The fourth-order valence-electron chi connectivity index (χ4n) is 7.14. The van der Waals surface area contributed by atoms with Crippen molar-refractivity contribution in [1.29, 1.82) is 0 Å². The minimum atomic E-state index is -0.342. The Hall–Kier alpha value is -1.61. The molecule has 1 saturated heterocycles. The number of rotatable bonds is 2. The van der Waals surface area contributed by atoms with Gasteiger partial charge in [-0.15, -0.1) is 0 Å². The number of amides is 1. The largest absolute Gasteiger partial charge is 0.392 e. The second kappa shape index (κ2) is 5.95. The highest BCUT2D eigenvalue weighted by Gasteiger charge is 2.65. The van der Waals surface area contributed by atoms with E-state index in [0.29, 0.717) is 12.3 Å². The summed E-state index contributed by atoms with van der Waals surface area (Å²) < 4.78 is 0. The van der Waals surface area contributed by atoms with Crippen LogP contribution in [-0.2, 0) is 10.2 Å². The highest BCUT2D eigenvalue weighted by atomic mass is 16.3. The van der Waals surface area contributed by atoms with Crippen LogP contribution < -0.4 is 0 Å². The third-order valence-electron chi connectivity index (χ3n) is 9.45. The summed E-state index contributed by atoms with van der Waals surface area (Å²) in [5.41, 5.74) is 2.98. The Balaban J connectivity index is 1.26. The maximum atomic E-state index is 13.1. The maximum Gasteiger partial charge on any atom is 0.222 e. The average Bonchev–Trinajstić information content (AvgIpc) is 3.20. The average molecular weight is 380 g/mol. The number of allylic oxidation sites excluding steroid dienone is 1. The fraction of sp³-hybridized carbons (Fsp3) is 0.640. The van der Waals surface area contributed by atoms with E-state index in [2.05, 4.69) is 62.1 Å². The van der Waals surface area contributed by atoms with E-state index in [1.54, 1.807) is 0 Å². The van der Waals surface area contributed by atoms with Crippen LogP contribution in [0, 0.1) is 22.7 Å². The predicted molar refractivity (Wildman–Crippen MR) is 112 cm³/mol. The highest BCUT2D eigenvalue weighted by Crippen LogP contribution is 2.68. The molecule has 1 N–H and O–H groups in total. The third kappa shape index (κ3) is 2.29. The van der Waals surface area contributed by atoms with Crippen LogP contribution in [0.25, 0.3) is 6.08 Å². The van der Waals surface area contributed by atoms with Gasteiger partial charge in [0.2, 0.25) is 5.91 Å². The smallest absolute Gasteiger partial charge is 0.222 e. The van der Waals surface area contributed by atoms with Crippen LogP contribution in [0.2, 0.25) is 0 Å². The standard InChI is InChI=1S/C25H33NO2/c1-23(2)20-9-10-24(23,3)22(28)18(20)16-21(27)26-14-12-25(13-15-26)11-8-17-6-4-5-7-19(17)25/h4-8,11,18,20,22,28H,9-10,12-16H2,1-3H3. The van der Waals surface area contributed by atoms with Crippen molar-refractivity contribution in [3.8, 4) is 0 Å². The van der Waals surface area contributed by atoms with Crippen molar-refractivity contribution in [2.75, 3.05) is 13.1 Å². The molecule has 3 nitrogen and oxygen atoms in total. The minimum Gasteiger partial charge on any atom is -0.392 e. The quantitative estimate of drug-likeness (QED) is 0.827. The number of piperidine rings is 1. The van der Waals surface area contributed by atoms with E-state index < -0.39 is 0 Å². The number of carbonyl (C=O) groups is 1. The zero-order valence-electron chi connectivity index (χ0n) is 17.4. The molecular weight excluding hydrogens is 346 g/mol. The lowest BCUT2D eigenvalue weighted by Crippen LogP contribution is -2.45. The van der Waals surface area contributed by atoms with Crippen LogP contribution in [-0.4, -0.2) is 35.1 Å². The van der Waals surface area contributed by atoms with Gasteiger partial charge in [-0.1, -0.05) is 57.2 Å². The molecule has 0 radical (unpaired) electrons. The number of benzene rings is 1. The summed E-state index contributed by atoms with van der Waals surface area (Å²) in [4.78, 5) is 15.2. The zero-order chi connectivity index (χ0) is 19.7. The lowest BCUT2D eigenvalue weighted by molar-refractivity contribution is -0.135. The molecule has 4 atom stereocenters. The molecule has 1 aromatic rings. The molecule has 1 amide bonds. The number of hydrogen-bond acceptors (Lipinski definition) is 2. The van der Waals surface area contributed by atoms with Gasteiger partial charge in [-0.3, -0.25) is 4.79 Å². The lowest BCUT2D eigenvalue weighted by atomic mass is 9.70. The Morgan fingerprint density at radius 2 is 1.86 bits per heavy atom. The Kier molecular flexibility index (Phi) is 3.91. The van der Waals surface area contributed by atoms with E-state index in [1.807, 2.05) is 0 Å². The molecule has 1 aliphatic heterocycles. The van der Waals surface area contributed by atoms with Gasteiger partial charge >= 0.3 is 0 Å². The van der Waals surface area contributed by atoms with E-state index >= 15 is 0 Å². The summed E-state index contributed by atoms with van der Waals surface area (Å²) in [7, 11) is 0. The van der Waals surface area contributed by atoms with E-state index in [1.165, 1.54) is 11.1 Å². The molecule has 3 fully saturated rings. The minimum absolute atomic E-state index is 0.0348. The van der Waals surface area contributed by atoms with Crippen LogP contribution in [0.15, 0.2) is 30.3 Å². The second-order valence-corrected chi connectivity index (χ2v) is 10.6. The number of likely N-dealkylation sites (tertiary alicyclic amines) is 1. The molecule has 4 aliphatic rings. The van der Waals surface area contributed by atoms with Crippen molar-refractivity contribution in [2.45, 2.75) is 64.4 Å². The van der Waals surface area contributed by atoms with E-state index in [0.717, 1.165) is 38.8 Å². The summed E-state index contributed by atoms with van der Waals surface area (Å²) in [6, 6.07) is 8.67.